The molecule has 2 aromatic rings. The van der Waals surface area contributed by atoms with Crippen LogP contribution >= 0.6 is 0 Å². The summed E-state index contributed by atoms with van der Waals surface area (Å²) in [5.74, 6) is -0.972. The van der Waals surface area contributed by atoms with Crippen LogP contribution in [-0.4, -0.2) is 142 Å². The number of hydrogen-bond acceptors (Lipinski definition) is 13. The molecule has 3 rings (SSSR count). The molecule has 10 atom stereocenters. The highest BCUT2D eigenvalue weighted by Crippen LogP contribution is 2.31. The molecule has 0 aliphatic carbocycles. The number of nitrogens with one attached hydrogen (secondary N) is 1. The Morgan fingerprint density at radius 2 is 1.74 bits per heavy atom. The number of aromatic amines is 1. The fourth-order valence-electron chi connectivity index (χ4n) is 4.01. The Morgan fingerprint density at radius 1 is 1.11 bits per heavy atom. The fourth-order valence-corrected chi connectivity index (χ4v) is 4.01. The molecule has 0 bridgehead atoms. The minimum atomic E-state index is -3.01. The number of benzene rings is 1. The molecule has 15 nitrogen and oxygen atoms in total. The van der Waals surface area contributed by atoms with Gasteiger partial charge in [0.2, 0.25) is 0 Å². The standard InChI is InChI=1S/C12H22O11.C11H12N2O2/c13-1-4(16)6(17)10(21)12(22,3-15)11-9(20)8(19)7(18)5(2-14)23-11;12-9(11(14)15)5-7-6-13-10-4-2-1-3-8(7)10/h3-11,13-14,16-22H,1-2H2;1-4,6,9,13H,5,12H2,(H,14,15)/t4?,5-,6?,7-,8+,9+,10?,11?,12?;/m1./s1. The smallest absolute Gasteiger partial charge is 0.320 e. The number of aromatic nitrogens is 1. The van der Waals surface area contributed by atoms with Gasteiger partial charge in [-0.2, -0.15) is 0 Å². The van der Waals surface area contributed by atoms with Gasteiger partial charge < -0.3 is 66.5 Å². The lowest BCUT2D eigenvalue weighted by Crippen LogP contribution is -2.70. The molecule has 1 aromatic heterocycles. The van der Waals surface area contributed by atoms with Gasteiger partial charge in [-0.05, 0) is 11.6 Å². The quantitative estimate of drug-likeness (QED) is 0.124. The third kappa shape index (κ3) is 6.71. The van der Waals surface area contributed by atoms with Gasteiger partial charge >= 0.3 is 5.97 Å². The van der Waals surface area contributed by atoms with Crippen LogP contribution in [0.1, 0.15) is 5.56 Å². The lowest BCUT2D eigenvalue weighted by molar-refractivity contribution is -0.283. The number of para-hydroxylation sites is 1. The van der Waals surface area contributed by atoms with E-state index < -0.39 is 79.7 Å². The van der Waals surface area contributed by atoms with Crippen molar-refractivity contribution in [2.24, 2.45) is 5.73 Å². The van der Waals surface area contributed by atoms with Crippen molar-refractivity contribution in [1.82, 2.24) is 4.98 Å². The van der Waals surface area contributed by atoms with Crippen molar-refractivity contribution in [2.75, 3.05) is 13.2 Å². The predicted molar refractivity (Wildman–Crippen MR) is 128 cm³/mol. The highest BCUT2D eigenvalue weighted by atomic mass is 16.6. The largest absolute Gasteiger partial charge is 0.480 e. The van der Waals surface area contributed by atoms with E-state index in [1.807, 2.05) is 30.5 Å². The van der Waals surface area contributed by atoms with Crippen LogP contribution in [0.2, 0.25) is 0 Å². The zero-order chi connectivity index (χ0) is 28.8. The number of H-pyrrole nitrogens is 1. The molecule has 0 spiro atoms. The number of carboxylic acid groups (broad SMARTS) is 1. The molecule has 1 aromatic carbocycles. The topological polar surface area (TPSA) is 287 Å². The zero-order valence-electron chi connectivity index (χ0n) is 20.1. The molecule has 13 N–H and O–H groups in total. The number of aliphatic hydroxyl groups excluding tert-OH is 8. The Bertz CT molecular complexity index is 1050. The molecular formula is C23H34N2O13. The van der Waals surface area contributed by atoms with Crippen LogP contribution in [0.25, 0.3) is 10.9 Å². The van der Waals surface area contributed by atoms with Gasteiger partial charge in [0.1, 0.15) is 54.9 Å². The maximum atomic E-state index is 11.2. The Labute approximate surface area is 216 Å². The number of aliphatic hydroxyl groups is 9. The minimum absolute atomic E-state index is 0.280. The molecule has 2 heterocycles. The van der Waals surface area contributed by atoms with Crippen molar-refractivity contribution >= 4 is 23.2 Å². The maximum absolute atomic E-state index is 11.2. The summed E-state index contributed by atoms with van der Waals surface area (Å²) in [6, 6.07) is 6.91. The highest BCUT2D eigenvalue weighted by molar-refractivity contribution is 5.84. The Morgan fingerprint density at radius 3 is 2.29 bits per heavy atom. The normalized spacial score (nSPS) is 28.3. The van der Waals surface area contributed by atoms with Crippen LogP contribution in [0.3, 0.4) is 0 Å². The highest BCUT2D eigenvalue weighted by Gasteiger charge is 2.57. The first-order valence-corrected chi connectivity index (χ1v) is 11.5. The molecular weight excluding hydrogens is 512 g/mol. The average Bonchev–Trinajstić information content (AvgIpc) is 3.33. The van der Waals surface area contributed by atoms with Crippen LogP contribution < -0.4 is 5.73 Å². The number of hydrogen-bond donors (Lipinski definition) is 12. The summed E-state index contributed by atoms with van der Waals surface area (Å²) in [7, 11) is 0. The van der Waals surface area contributed by atoms with Gasteiger partial charge in [0.05, 0.1) is 13.2 Å². The fraction of sp³-hybridized carbons (Fsp3) is 0.565. The van der Waals surface area contributed by atoms with E-state index in [0.717, 1.165) is 16.5 Å². The van der Waals surface area contributed by atoms with Crippen LogP contribution in [0.5, 0.6) is 0 Å². The first-order chi connectivity index (χ1) is 17.8. The minimum Gasteiger partial charge on any atom is -0.480 e. The van der Waals surface area contributed by atoms with Gasteiger partial charge in [0.25, 0.3) is 0 Å². The summed E-state index contributed by atoms with van der Waals surface area (Å²) < 4.78 is 4.96. The van der Waals surface area contributed by atoms with E-state index in [0.29, 0.717) is 6.42 Å². The van der Waals surface area contributed by atoms with Gasteiger partial charge in [-0.15, -0.1) is 0 Å². The predicted octanol–water partition coefficient (Wildman–Crippen LogP) is -5.04. The second-order valence-electron chi connectivity index (χ2n) is 8.95. The summed E-state index contributed by atoms with van der Waals surface area (Å²) in [5.41, 5.74) is 4.42. The first kappa shape index (κ1) is 31.7. The van der Waals surface area contributed by atoms with Gasteiger partial charge in [-0.25, -0.2) is 0 Å². The van der Waals surface area contributed by atoms with Crippen molar-refractivity contribution in [3.8, 4) is 0 Å². The summed E-state index contributed by atoms with van der Waals surface area (Å²) in [6.07, 6.45) is -13.9. The zero-order valence-corrected chi connectivity index (χ0v) is 20.1. The summed E-state index contributed by atoms with van der Waals surface area (Å²) in [6.45, 7) is -1.84. The summed E-state index contributed by atoms with van der Waals surface area (Å²) in [5, 5.41) is 95.8. The molecule has 6 unspecified atom stereocenters. The number of rotatable bonds is 10. The van der Waals surface area contributed by atoms with Crippen LogP contribution in [0.4, 0.5) is 0 Å². The van der Waals surface area contributed by atoms with Crippen molar-refractivity contribution in [3.63, 3.8) is 0 Å². The molecule has 1 aliphatic rings. The molecule has 15 heteroatoms. The number of fused-ring (bicyclic) bond motifs is 1. The van der Waals surface area contributed by atoms with Crippen molar-refractivity contribution in [1.29, 1.82) is 0 Å². The number of carbonyl (C=O) groups is 2. The molecule has 214 valence electrons. The maximum Gasteiger partial charge on any atom is 0.320 e. The van der Waals surface area contributed by atoms with Gasteiger partial charge in [0, 0.05) is 23.5 Å². The SMILES string of the molecule is NC(Cc1c[nH]c2ccccc12)C(=O)O.O=CC(O)(C(O)C(O)C(O)CO)C1O[C@H](CO)[C@@H](O)[C@H](O)[C@@H]1O. The Kier molecular flexibility index (Phi) is 11.3. The molecule has 1 saturated heterocycles. The number of nitrogens with two attached hydrogens (primary N) is 1. The Hall–Kier alpha value is -2.54. The number of carbonyl (C=O) groups excluding carboxylic acids is 1. The number of ether oxygens (including phenoxy) is 1. The van der Waals surface area contributed by atoms with E-state index in [-0.39, 0.29) is 6.29 Å². The van der Waals surface area contributed by atoms with Crippen molar-refractivity contribution in [3.05, 3.63) is 36.0 Å². The van der Waals surface area contributed by atoms with Crippen LogP contribution in [-0.2, 0) is 20.7 Å². The second kappa shape index (κ2) is 13.5. The van der Waals surface area contributed by atoms with Gasteiger partial charge in [0.15, 0.2) is 11.9 Å². The van der Waals surface area contributed by atoms with E-state index >= 15 is 0 Å². The third-order valence-electron chi connectivity index (χ3n) is 6.35. The van der Waals surface area contributed by atoms with E-state index in [4.69, 9.17) is 25.8 Å². The van der Waals surface area contributed by atoms with Crippen LogP contribution in [0, 0.1) is 0 Å². The first-order valence-electron chi connectivity index (χ1n) is 11.5. The third-order valence-corrected chi connectivity index (χ3v) is 6.35. The van der Waals surface area contributed by atoms with E-state index in [1.54, 1.807) is 0 Å². The number of aliphatic carboxylic acids is 1. The van der Waals surface area contributed by atoms with E-state index in [9.17, 15) is 45.3 Å². The van der Waals surface area contributed by atoms with Crippen molar-refractivity contribution in [2.45, 2.75) is 66.9 Å². The molecule has 0 amide bonds. The molecule has 1 fully saturated rings. The Balaban J connectivity index is 0.000000290. The molecule has 0 saturated carbocycles. The van der Waals surface area contributed by atoms with Gasteiger partial charge in [-0.1, -0.05) is 18.2 Å². The lowest BCUT2D eigenvalue weighted by Gasteiger charge is -2.47. The molecule has 0 radical (unpaired) electrons. The number of aldehydes is 1. The average molecular weight is 547 g/mol. The molecule has 1 aliphatic heterocycles. The van der Waals surface area contributed by atoms with Gasteiger partial charge in [-0.3, -0.25) is 9.59 Å². The van der Waals surface area contributed by atoms with Crippen LogP contribution in [0.15, 0.2) is 30.5 Å². The number of carboxylic acids is 1. The summed E-state index contributed by atoms with van der Waals surface area (Å²) >= 11 is 0. The second-order valence-corrected chi connectivity index (χ2v) is 8.95. The lowest BCUT2D eigenvalue weighted by atomic mass is 9.80. The van der Waals surface area contributed by atoms with E-state index in [1.165, 1.54) is 0 Å². The van der Waals surface area contributed by atoms with E-state index in [2.05, 4.69) is 4.98 Å². The summed E-state index contributed by atoms with van der Waals surface area (Å²) in [4.78, 5) is 25.0. The molecule has 38 heavy (non-hydrogen) atoms. The van der Waals surface area contributed by atoms with Crippen molar-refractivity contribution < 1.29 is 65.4 Å². The monoisotopic (exact) mass is 546 g/mol.